The molecule has 0 saturated carbocycles. The van der Waals surface area contributed by atoms with Gasteiger partial charge in [0, 0.05) is 19.2 Å². The molecule has 0 aromatic rings. The largest absolute Gasteiger partial charge is 0.396 e. The number of aliphatic hydroxyl groups excluding tert-OH is 2. The molecule has 0 aliphatic carbocycles. The van der Waals surface area contributed by atoms with Crippen LogP contribution in [-0.2, 0) is 0 Å². The van der Waals surface area contributed by atoms with Crippen LogP contribution >= 0.6 is 0 Å². The van der Waals surface area contributed by atoms with E-state index in [4.69, 9.17) is 10.2 Å². The molecule has 0 spiro atoms. The molecule has 0 aromatic heterocycles. The second kappa shape index (κ2) is 6.40. The van der Waals surface area contributed by atoms with Crippen molar-refractivity contribution >= 4 is 0 Å². The zero-order valence-electron chi connectivity index (χ0n) is 8.25. The van der Waals surface area contributed by atoms with E-state index in [0.717, 1.165) is 6.42 Å². The van der Waals surface area contributed by atoms with Gasteiger partial charge in [-0.15, -0.1) is 0 Å². The molecule has 2 atom stereocenters. The molecule has 3 N–H and O–H groups in total. The van der Waals surface area contributed by atoms with Crippen LogP contribution in [0, 0.1) is 5.92 Å². The van der Waals surface area contributed by atoms with E-state index in [0.29, 0.717) is 18.5 Å². The van der Waals surface area contributed by atoms with Crippen LogP contribution in [0.25, 0.3) is 0 Å². The maximum atomic E-state index is 9.03. The van der Waals surface area contributed by atoms with Crippen LogP contribution in [0.5, 0.6) is 0 Å². The van der Waals surface area contributed by atoms with Crippen molar-refractivity contribution in [2.75, 3.05) is 13.2 Å². The highest BCUT2D eigenvalue weighted by Crippen LogP contribution is 2.04. The maximum Gasteiger partial charge on any atom is 0.0636 e. The van der Waals surface area contributed by atoms with Crippen LogP contribution in [0.1, 0.15) is 27.2 Å². The summed E-state index contributed by atoms with van der Waals surface area (Å²) in [5.41, 5.74) is 0. The molecule has 0 fully saturated rings. The zero-order valence-corrected chi connectivity index (χ0v) is 8.25. The van der Waals surface area contributed by atoms with E-state index < -0.39 is 0 Å². The Morgan fingerprint density at radius 3 is 2.17 bits per heavy atom. The minimum absolute atomic E-state index is 0.204. The Labute approximate surface area is 74.8 Å². The summed E-state index contributed by atoms with van der Waals surface area (Å²) in [7, 11) is 0. The highest BCUT2D eigenvalue weighted by atomic mass is 16.3. The lowest BCUT2D eigenvalue weighted by Gasteiger charge is -2.22. The van der Waals surface area contributed by atoms with Crippen molar-refractivity contribution in [1.82, 2.24) is 5.32 Å². The Hall–Kier alpha value is -0.120. The predicted octanol–water partition coefficient (Wildman–Crippen LogP) is 0.364. The van der Waals surface area contributed by atoms with Gasteiger partial charge in [-0.3, -0.25) is 0 Å². The first kappa shape index (κ1) is 11.9. The van der Waals surface area contributed by atoms with Gasteiger partial charge in [-0.2, -0.15) is 0 Å². The number of aliphatic hydroxyl groups is 2. The predicted molar refractivity (Wildman–Crippen MR) is 50.0 cm³/mol. The summed E-state index contributed by atoms with van der Waals surface area (Å²) < 4.78 is 0. The van der Waals surface area contributed by atoms with Crippen molar-refractivity contribution in [3.63, 3.8) is 0 Å². The first-order chi connectivity index (χ1) is 5.57. The van der Waals surface area contributed by atoms with Crippen LogP contribution in [0.15, 0.2) is 0 Å². The average Bonchev–Trinajstić information content (AvgIpc) is 1.96. The van der Waals surface area contributed by atoms with Gasteiger partial charge in [0.1, 0.15) is 0 Å². The molecule has 74 valence electrons. The minimum Gasteiger partial charge on any atom is -0.396 e. The van der Waals surface area contributed by atoms with E-state index in [2.05, 4.69) is 19.2 Å². The number of rotatable bonds is 6. The topological polar surface area (TPSA) is 52.5 Å². The lowest BCUT2D eigenvalue weighted by molar-refractivity contribution is 0.173. The van der Waals surface area contributed by atoms with Crippen molar-refractivity contribution in [3.05, 3.63) is 0 Å². The van der Waals surface area contributed by atoms with Crippen LogP contribution < -0.4 is 5.32 Å². The lowest BCUT2D eigenvalue weighted by Crippen LogP contribution is -2.38. The molecule has 1 unspecified atom stereocenters. The molecule has 3 heteroatoms. The van der Waals surface area contributed by atoms with E-state index in [9.17, 15) is 0 Å². The molecule has 0 radical (unpaired) electrons. The number of hydrogen-bond acceptors (Lipinski definition) is 3. The molecule has 0 amide bonds. The van der Waals surface area contributed by atoms with Crippen molar-refractivity contribution in [3.8, 4) is 0 Å². The molecule has 0 aliphatic rings. The second-order valence-electron chi connectivity index (χ2n) is 3.62. The van der Waals surface area contributed by atoms with E-state index in [1.54, 1.807) is 6.92 Å². The van der Waals surface area contributed by atoms with Crippen LogP contribution in [0.4, 0.5) is 0 Å². The maximum absolute atomic E-state index is 9.03. The fourth-order valence-electron chi connectivity index (χ4n) is 1.13. The standard InChI is InChI=1S/C9H21NO2/c1-7(2)9(4-5-11)10-6-8(3)12/h7-12H,4-6H2,1-3H3/t8-,9?/m1/s1. The third-order valence-electron chi connectivity index (χ3n) is 1.92. The summed E-state index contributed by atoms with van der Waals surface area (Å²) in [6, 6.07) is 0.310. The molecule has 3 nitrogen and oxygen atoms in total. The Morgan fingerprint density at radius 2 is 1.83 bits per heavy atom. The zero-order chi connectivity index (χ0) is 9.56. The lowest BCUT2D eigenvalue weighted by atomic mass is 10.0. The van der Waals surface area contributed by atoms with Crippen LogP contribution in [0.2, 0.25) is 0 Å². The molecular weight excluding hydrogens is 154 g/mol. The van der Waals surface area contributed by atoms with E-state index in [1.165, 1.54) is 0 Å². The molecule has 0 rings (SSSR count). The SMILES string of the molecule is CC(C)C(CCO)NC[C@@H](C)O. The van der Waals surface area contributed by atoms with E-state index >= 15 is 0 Å². The Bertz CT molecular complexity index is 105. The van der Waals surface area contributed by atoms with Gasteiger partial charge in [0.15, 0.2) is 0 Å². The molecule has 0 aromatic carbocycles. The Balaban J connectivity index is 3.63. The molecule has 0 saturated heterocycles. The van der Waals surface area contributed by atoms with Crippen molar-refractivity contribution in [2.45, 2.75) is 39.3 Å². The van der Waals surface area contributed by atoms with Gasteiger partial charge in [0.2, 0.25) is 0 Å². The minimum atomic E-state index is -0.315. The molecular formula is C9H21NO2. The first-order valence-electron chi connectivity index (χ1n) is 4.60. The molecule has 0 aliphatic heterocycles. The summed E-state index contributed by atoms with van der Waals surface area (Å²) in [6.45, 7) is 6.77. The van der Waals surface area contributed by atoms with E-state index in [-0.39, 0.29) is 12.7 Å². The Morgan fingerprint density at radius 1 is 1.25 bits per heavy atom. The quantitative estimate of drug-likeness (QED) is 0.546. The third kappa shape index (κ3) is 5.52. The van der Waals surface area contributed by atoms with Crippen LogP contribution in [0.3, 0.4) is 0 Å². The third-order valence-corrected chi connectivity index (χ3v) is 1.92. The van der Waals surface area contributed by atoms with Gasteiger partial charge >= 0.3 is 0 Å². The first-order valence-corrected chi connectivity index (χ1v) is 4.60. The van der Waals surface area contributed by atoms with Crippen molar-refractivity contribution < 1.29 is 10.2 Å². The second-order valence-corrected chi connectivity index (χ2v) is 3.62. The Kier molecular flexibility index (Phi) is 6.34. The number of nitrogens with one attached hydrogen (secondary N) is 1. The fraction of sp³-hybridized carbons (Fsp3) is 1.00. The summed E-state index contributed by atoms with van der Waals surface area (Å²) in [5, 5.41) is 21.0. The summed E-state index contributed by atoms with van der Waals surface area (Å²) in [6.07, 6.45) is 0.439. The molecule has 0 bridgehead atoms. The molecule has 12 heavy (non-hydrogen) atoms. The van der Waals surface area contributed by atoms with Crippen molar-refractivity contribution in [1.29, 1.82) is 0 Å². The highest BCUT2D eigenvalue weighted by molar-refractivity contribution is 4.70. The summed E-state index contributed by atoms with van der Waals surface area (Å²) in [4.78, 5) is 0. The monoisotopic (exact) mass is 175 g/mol. The highest BCUT2D eigenvalue weighted by Gasteiger charge is 2.12. The van der Waals surface area contributed by atoms with Gasteiger partial charge in [0.05, 0.1) is 6.10 Å². The number of hydrogen-bond donors (Lipinski definition) is 3. The van der Waals surface area contributed by atoms with Crippen LogP contribution in [-0.4, -0.2) is 35.5 Å². The van der Waals surface area contributed by atoms with E-state index in [1.807, 2.05) is 0 Å². The summed E-state index contributed by atoms with van der Waals surface area (Å²) in [5.74, 6) is 0.496. The average molecular weight is 175 g/mol. The summed E-state index contributed by atoms with van der Waals surface area (Å²) >= 11 is 0. The van der Waals surface area contributed by atoms with Gasteiger partial charge in [0.25, 0.3) is 0 Å². The normalized spacial score (nSPS) is 16.5. The fourth-order valence-corrected chi connectivity index (χ4v) is 1.13. The van der Waals surface area contributed by atoms with Gasteiger partial charge in [-0.05, 0) is 19.3 Å². The van der Waals surface area contributed by atoms with Crippen molar-refractivity contribution in [2.24, 2.45) is 5.92 Å². The van der Waals surface area contributed by atoms with Gasteiger partial charge in [-0.25, -0.2) is 0 Å². The molecule has 0 heterocycles. The smallest absolute Gasteiger partial charge is 0.0636 e. The van der Waals surface area contributed by atoms with Gasteiger partial charge < -0.3 is 15.5 Å². The van der Waals surface area contributed by atoms with Gasteiger partial charge in [-0.1, -0.05) is 13.8 Å².